The maximum Gasteiger partial charge on any atom is 0.293 e. The average Bonchev–Trinajstić information content (AvgIpc) is 2.59. The van der Waals surface area contributed by atoms with Crippen molar-refractivity contribution < 1.29 is 4.42 Å². The molecule has 0 saturated heterocycles. The molecule has 2 rings (SSSR count). The number of nitrogens with one attached hydrogen (secondary N) is 1. The van der Waals surface area contributed by atoms with E-state index in [9.17, 15) is 4.79 Å². The molecule has 0 aliphatic rings. The third kappa shape index (κ3) is 2.14. The van der Waals surface area contributed by atoms with Crippen molar-refractivity contribution >= 4 is 12.7 Å². The SMILES string of the molecule is C=c1[nH]c(=O)c(=Cc2ccc(CC)cc2)o1. The van der Waals surface area contributed by atoms with Gasteiger partial charge in [0.2, 0.25) is 0 Å². The van der Waals surface area contributed by atoms with Gasteiger partial charge in [-0.3, -0.25) is 9.78 Å². The summed E-state index contributed by atoms with van der Waals surface area (Å²) in [5.74, 6) is 0. The van der Waals surface area contributed by atoms with Gasteiger partial charge in [0.15, 0.2) is 11.0 Å². The molecule has 1 N–H and O–H groups in total. The van der Waals surface area contributed by atoms with Gasteiger partial charge in [0, 0.05) is 0 Å². The Kier molecular flexibility index (Phi) is 2.77. The third-order valence-electron chi connectivity index (χ3n) is 2.40. The number of hydrogen-bond acceptors (Lipinski definition) is 2. The minimum atomic E-state index is -0.246. The first-order valence-electron chi connectivity index (χ1n) is 5.18. The molecule has 1 aromatic heterocycles. The minimum absolute atomic E-state index is 0.246. The average molecular weight is 215 g/mol. The van der Waals surface area contributed by atoms with Crippen LogP contribution in [0.15, 0.2) is 33.5 Å². The van der Waals surface area contributed by atoms with E-state index in [2.05, 4.69) is 18.5 Å². The first kappa shape index (κ1) is 10.5. The van der Waals surface area contributed by atoms with Crippen molar-refractivity contribution in [3.05, 3.63) is 56.7 Å². The molecule has 0 aliphatic carbocycles. The largest absolute Gasteiger partial charge is 0.436 e. The molecule has 1 heterocycles. The Morgan fingerprint density at radius 1 is 1.38 bits per heavy atom. The topological polar surface area (TPSA) is 46.0 Å². The third-order valence-corrected chi connectivity index (χ3v) is 2.40. The summed E-state index contributed by atoms with van der Waals surface area (Å²) >= 11 is 0. The van der Waals surface area contributed by atoms with Crippen LogP contribution in [0.4, 0.5) is 0 Å². The zero-order chi connectivity index (χ0) is 11.5. The van der Waals surface area contributed by atoms with E-state index in [0.717, 1.165) is 12.0 Å². The summed E-state index contributed by atoms with van der Waals surface area (Å²) in [5, 5.41) is 0. The van der Waals surface area contributed by atoms with Crippen molar-refractivity contribution in [3.63, 3.8) is 0 Å². The number of aromatic amines is 1. The Labute approximate surface area is 92.7 Å². The summed E-state index contributed by atoms with van der Waals surface area (Å²) in [5.41, 5.74) is 2.53. The van der Waals surface area contributed by atoms with E-state index >= 15 is 0 Å². The summed E-state index contributed by atoms with van der Waals surface area (Å²) < 4.78 is 5.14. The fourth-order valence-corrected chi connectivity index (χ4v) is 1.49. The van der Waals surface area contributed by atoms with Crippen LogP contribution >= 0.6 is 0 Å². The summed E-state index contributed by atoms with van der Waals surface area (Å²) in [6, 6.07) is 8.00. The highest BCUT2D eigenvalue weighted by Gasteiger charge is 1.95. The van der Waals surface area contributed by atoms with Gasteiger partial charge in [0.05, 0.1) is 0 Å². The normalized spacial score (nSPS) is 11.9. The molecule has 0 spiro atoms. The lowest BCUT2D eigenvalue weighted by Crippen LogP contribution is -2.20. The van der Waals surface area contributed by atoms with Gasteiger partial charge in [-0.2, -0.15) is 0 Å². The van der Waals surface area contributed by atoms with Crippen molar-refractivity contribution in [3.8, 4) is 0 Å². The van der Waals surface area contributed by atoms with E-state index in [0.29, 0.717) is 0 Å². The molecule has 0 fully saturated rings. The quantitative estimate of drug-likeness (QED) is 0.804. The van der Waals surface area contributed by atoms with Gasteiger partial charge in [0.1, 0.15) is 0 Å². The second-order valence-corrected chi connectivity index (χ2v) is 3.58. The molecule has 0 amide bonds. The molecule has 1 aromatic carbocycles. The smallest absolute Gasteiger partial charge is 0.293 e. The molecular formula is C13H13NO2. The lowest BCUT2D eigenvalue weighted by Gasteiger charge is -1.95. The molecule has 0 bridgehead atoms. The fourth-order valence-electron chi connectivity index (χ4n) is 1.49. The zero-order valence-corrected chi connectivity index (χ0v) is 9.12. The number of aryl methyl sites for hydroxylation is 1. The van der Waals surface area contributed by atoms with E-state index in [1.165, 1.54) is 5.56 Å². The number of aromatic nitrogens is 1. The molecule has 0 radical (unpaired) electrons. The number of hydrogen-bond donors (Lipinski definition) is 1. The van der Waals surface area contributed by atoms with E-state index in [4.69, 9.17) is 4.42 Å². The second-order valence-electron chi connectivity index (χ2n) is 3.58. The fraction of sp³-hybridized carbons (Fsp3) is 0.154. The van der Waals surface area contributed by atoms with Gasteiger partial charge >= 0.3 is 0 Å². The molecule has 2 aromatic rings. The number of H-pyrrole nitrogens is 1. The van der Waals surface area contributed by atoms with Crippen molar-refractivity contribution in [2.24, 2.45) is 0 Å². The molecule has 3 heteroatoms. The van der Waals surface area contributed by atoms with Gasteiger partial charge in [-0.25, -0.2) is 0 Å². The Morgan fingerprint density at radius 3 is 2.56 bits per heavy atom. The summed E-state index contributed by atoms with van der Waals surface area (Å²) in [6.07, 6.45) is 2.71. The first-order valence-corrected chi connectivity index (χ1v) is 5.18. The maximum atomic E-state index is 11.3. The van der Waals surface area contributed by atoms with Crippen LogP contribution in [0.1, 0.15) is 18.1 Å². The molecule has 0 saturated carbocycles. The standard InChI is InChI=1S/C13H13NO2/c1-3-10-4-6-11(7-5-10)8-12-13(15)14-9(2)16-12/h4-8H,2-3H2,1H3,(H,14,15). The van der Waals surface area contributed by atoms with Crippen LogP contribution in [0.25, 0.3) is 12.7 Å². The van der Waals surface area contributed by atoms with Crippen molar-refractivity contribution in [2.75, 3.05) is 0 Å². The molecule has 3 nitrogen and oxygen atoms in total. The van der Waals surface area contributed by atoms with Crippen molar-refractivity contribution in [1.29, 1.82) is 0 Å². The van der Waals surface area contributed by atoms with Crippen molar-refractivity contribution in [2.45, 2.75) is 13.3 Å². The molecule has 0 unspecified atom stereocenters. The zero-order valence-electron chi connectivity index (χ0n) is 9.12. The number of oxazole rings is 1. The van der Waals surface area contributed by atoms with Crippen LogP contribution in [0, 0.1) is 0 Å². The van der Waals surface area contributed by atoms with E-state index in [-0.39, 0.29) is 16.5 Å². The van der Waals surface area contributed by atoms with Gasteiger partial charge in [-0.15, -0.1) is 0 Å². The summed E-state index contributed by atoms with van der Waals surface area (Å²) in [4.78, 5) is 13.8. The summed E-state index contributed by atoms with van der Waals surface area (Å²) in [7, 11) is 0. The Balaban J connectivity index is 2.46. The lowest BCUT2D eigenvalue weighted by atomic mass is 10.1. The van der Waals surface area contributed by atoms with E-state index < -0.39 is 0 Å². The van der Waals surface area contributed by atoms with E-state index in [1.54, 1.807) is 6.08 Å². The van der Waals surface area contributed by atoms with Crippen LogP contribution in [0.2, 0.25) is 0 Å². The maximum absolute atomic E-state index is 11.3. The predicted molar refractivity (Wildman–Crippen MR) is 63.5 cm³/mol. The minimum Gasteiger partial charge on any atom is -0.436 e. The predicted octanol–water partition coefficient (Wildman–Crippen LogP) is 0.769. The Hall–Kier alpha value is -2.03. The molecular weight excluding hydrogens is 202 g/mol. The summed E-state index contributed by atoms with van der Waals surface area (Å²) in [6.45, 7) is 5.63. The van der Waals surface area contributed by atoms with Gasteiger partial charge in [0.25, 0.3) is 5.56 Å². The molecule has 0 atom stereocenters. The number of benzene rings is 1. The molecule has 0 aliphatic heterocycles. The van der Waals surface area contributed by atoms with Crippen LogP contribution in [-0.2, 0) is 6.42 Å². The highest BCUT2D eigenvalue weighted by Crippen LogP contribution is 2.04. The molecule has 16 heavy (non-hydrogen) atoms. The van der Waals surface area contributed by atoms with Crippen LogP contribution in [0.5, 0.6) is 0 Å². The van der Waals surface area contributed by atoms with Crippen LogP contribution in [0.3, 0.4) is 0 Å². The van der Waals surface area contributed by atoms with Crippen LogP contribution < -0.4 is 16.5 Å². The number of rotatable bonds is 2. The molecule has 82 valence electrons. The lowest BCUT2D eigenvalue weighted by molar-refractivity contribution is 0.492. The monoisotopic (exact) mass is 215 g/mol. The van der Waals surface area contributed by atoms with Crippen LogP contribution in [-0.4, -0.2) is 4.98 Å². The van der Waals surface area contributed by atoms with E-state index in [1.807, 2.05) is 24.3 Å². The highest BCUT2D eigenvalue weighted by molar-refractivity contribution is 5.48. The second kappa shape index (κ2) is 4.23. The Bertz CT molecular complexity index is 632. The van der Waals surface area contributed by atoms with Gasteiger partial charge in [-0.05, 0) is 30.2 Å². The Morgan fingerprint density at radius 2 is 2.06 bits per heavy atom. The first-order chi connectivity index (χ1) is 7.69. The van der Waals surface area contributed by atoms with Crippen molar-refractivity contribution in [1.82, 2.24) is 4.98 Å². The van der Waals surface area contributed by atoms with Gasteiger partial charge in [-0.1, -0.05) is 31.2 Å². The van der Waals surface area contributed by atoms with Gasteiger partial charge < -0.3 is 4.42 Å². The highest BCUT2D eigenvalue weighted by atomic mass is 16.3.